The summed E-state index contributed by atoms with van der Waals surface area (Å²) in [5.74, 6) is -6.74. The number of ketones is 1. The van der Waals surface area contributed by atoms with Crippen molar-refractivity contribution < 1.29 is 23.5 Å². The predicted molar refractivity (Wildman–Crippen MR) is 86.9 cm³/mol. The van der Waals surface area contributed by atoms with Crippen molar-refractivity contribution in [2.24, 2.45) is 10.9 Å². The average molecular weight is 349 g/mol. The lowest BCUT2D eigenvalue weighted by Crippen LogP contribution is -2.47. The maximum atomic E-state index is 14.9. The molecule has 4 rings (SSSR count). The number of carboxylic acid groups (broad SMARTS) is 1. The molecule has 25 heavy (non-hydrogen) atoms. The molecule has 8 heteroatoms. The van der Waals surface area contributed by atoms with Gasteiger partial charge in [0.2, 0.25) is 5.97 Å². The number of rotatable bonds is 3. The molecule has 2 heterocycles. The van der Waals surface area contributed by atoms with Gasteiger partial charge in [0.1, 0.15) is 5.69 Å². The third-order valence-corrected chi connectivity index (χ3v) is 5.05. The summed E-state index contributed by atoms with van der Waals surface area (Å²) in [4.78, 5) is 30.9. The maximum absolute atomic E-state index is 14.9. The Morgan fingerprint density at radius 1 is 1.16 bits per heavy atom. The summed E-state index contributed by atoms with van der Waals surface area (Å²) in [6.45, 7) is 2.95. The molecule has 1 atom stereocenters. The second-order valence-corrected chi connectivity index (χ2v) is 6.62. The van der Waals surface area contributed by atoms with Gasteiger partial charge in [0.15, 0.2) is 17.5 Å². The fourth-order valence-corrected chi connectivity index (χ4v) is 3.52. The third kappa shape index (κ3) is 2.70. The van der Waals surface area contributed by atoms with E-state index in [-0.39, 0.29) is 11.3 Å². The Hall–Kier alpha value is -2.35. The lowest BCUT2D eigenvalue weighted by atomic mass is 9.93. The lowest BCUT2D eigenvalue weighted by molar-refractivity contribution is -0.138. The van der Waals surface area contributed by atoms with Crippen molar-refractivity contribution >= 4 is 29.1 Å². The van der Waals surface area contributed by atoms with E-state index in [1.165, 1.54) is 25.0 Å². The average Bonchev–Trinajstić information content (AvgIpc) is 3.41. The van der Waals surface area contributed by atoms with Gasteiger partial charge in [0.05, 0.1) is 5.69 Å². The number of aliphatic carboxylic acids is 1. The van der Waals surface area contributed by atoms with Crippen LogP contribution in [0.25, 0.3) is 0 Å². The van der Waals surface area contributed by atoms with Crippen LogP contribution in [0.4, 0.5) is 20.2 Å². The van der Waals surface area contributed by atoms with Crippen LogP contribution >= 0.6 is 0 Å². The highest BCUT2D eigenvalue weighted by atomic mass is 19.1. The zero-order valence-electron chi connectivity index (χ0n) is 13.4. The molecule has 1 N–H and O–H groups in total. The largest absolute Gasteiger partial charge is 0.480 e. The number of aliphatic imine (C=N–C) groups is 1. The first-order valence-corrected chi connectivity index (χ1v) is 8.30. The van der Waals surface area contributed by atoms with Crippen LogP contribution in [-0.2, 0) is 4.79 Å². The van der Waals surface area contributed by atoms with Crippen LogP contribution in [0.2, 0.25) is 0 Å². The maximum Gasteiger partial charge on any atom is 0.323 e. The highest BCUT2D eigenvalue weighted by Gasteiger charge is 2.40. The Bertz CT molecular complexity index is 784. The van der Waals surface area contributed by atoms with Gasteiger partial charge >= 0.3 is 5.97 Å². The van der Waals surface area contributed by atoms with Crippen molar-refractivity contribution in [3.8, 4) is 0 Å². The molecule has 1 aromatic rings. The van der Waals surface area contributed by atoms with E-state index in [9.17, 15) is 18.4 Å². The Morgan fingerprint density at radius 3 is 2.44 bits per heavy atom. The van der Waals surface area contributed by atoms with Gasteiger partial charge in [-0.3, -0.25) is 14.5 Å². The quantitative estimate of drug-likeness (QED) is 0.845. The molecule has 1 saturated heterocycles. The van der Waals surface area contributed by atoms with Crippen molar-refractivity contribution in [1.82, 2.24) is 4.90 Å². The molecule has 2 aliphatic heterocycles. The minimum Gasteiger partial charge on any atom is -0.480 e. The molecule has 1 aromatic carbocycles. The number of carbonyl (C=O) groups excluding carboxylic acids is 1. The van der Waals surface area contributed by atoms with E-state index in [0.717, 1.165) is 13.1 Å². The minimum absolute atomic E-state index is 0.188. The smallest absolute Gasteiger partial charge is 0.323 e. The highest BCUT2D eigenvalue weighted by Crippen LogP contribution is 2.37. The molecule has 1 saturated carbocycles. The SMILES string of the molecule is O=C(O)C1C(=O)c2ccc(N3CCN(C4CC4)CC3)c(F)c2N=C1F. The van der Waals surface area contributed by atoms with E-state index in [2.05, 4.69) is 9.89 Å². The molecular formula is C17H17F2N3O3. The van der Waals surface area contributed by atoms with Gasteiger partial charge in [-0.05, 0) is 25.0 Å². The van der Waals surface area contributed by atoms with Crippen LogP contribution in [0.3, 0.4) is 0 Å². The first kappa shape index (κ1) is 16.1. The second-order valence-electron chi connectivity index (χ2n) is 6.62. The van der Waals surface area contributed by atoms with Gasteiger partial charge in [0.25, 0.3) is 0 Å². The number of Topliss-reactive ketones (excluding diaryl/α,β-unsaturated/α-hetero) is 1. The molecule has 6 nitrogen and oxygen atoms in total. The first-order chi connectivity index (χ1) is 12.0. The van der Waals surface area contributed by atoms with Crippen LogP contribution in [0.15, 0.2) is 17.1 Å². The number of halogens is 2. The number of nitrogens with zero attached hydrogens (tertiary/aromatic N) is 3. The Kier molecular flexibility index (Phi) is 3.79. The van der Waals surface area contributed by atoms with E-state index >= 15 is 0 Å². The summed E-state index contributed by atoms with van der Waals surface area (Å²) in [5.41, 5.74) is -0.318. The summed E-state index contributed by atoms with van der Waals surface area (Å²) >= 11 is 0. The summed E-state index contributed by atoms with van der Waals surface area (Å²) < 4.78 is 28.7. The predicted octanol–water partition coefficient (Wildman–Crippen LogP) is 2.01. The van der Waals surface area contributed by atoms with Crippen LogP contribution in [0.5, 0.6) is 0 Å². The Morgan fingerprint density at radius 2 is 1.84 bits per heavy atom. The molecule has 0 spiro atoms. The number of carbonyl (C=O) groups is 2. The topological polar surface area (TPSA) is 73.2 Å². The number of carboxylic acids is 1. The number of hydrogen-bond acceptors (Lipinski definition) is 5. The van der Waals surface area contributed by atoms with Gasteiger partial charge in [-0.15, -0.1) is 0 Å². The third-order valence-electron chi connectivity index (χ3n) is 5.05. The van der Waals surface area contributed by atoms with Gasteiger partial charge in [0, 0.05) is 37.8 Å². The number of fused-ring (bicyclic) bond motifs is 1. The van der Waals surface area contributed by atoms with Gasteiger partial charge in [-0.2, -0.15) is 4.39 Å². The van der Waals surface area contributed by atoms with Gasteiger partial charge in [-0.25, -0.2) is 9.38 Å². The molecule has 132 valence electrons. The summed E-state index contributed by atoms with van der Waals surface area (Å²) in [7, 11) is 0. The zero-order chi connectivity index (χ0) is 17.7. The van der Waals surface area contributed by atoms with Crippen molar-refractivity contribution in [1.29, 1.82) is 0 Å². The fraction of sp³-hybridized carbons (Fsp3) is 0.471. The molecule has 0 amide bonds. The second kappa shape index (κ2) is 5.87. The monoisotopic (exact) mass is 349 g/mol. The van der Waals surface area contributed by atoms with Crippen LogP contribution in [0.1, 0.15) is 23.2 Å². The summed E-state index contributed by atoms with van der Waals surface area (Å²) in [6, 6.07) is 3.45. The summed E-state index contributed by atoms with van der Waals surface area (Å²) in [5, 5.41) is 8.96. The standard InChI is InChI=1S/C17H17F2N3O3/c18-13-11(22-7-5-21(6-8-22)9-1-2-9)4-3-10-14(13)20-16(19)12(15(10)23)17(24)25/h3-4,9,12H,1-2,5-8H2,(H,24,25). The van der Waals surface area contributed by atoms with Gasteiger partial charge < -0.3 is 10.0 Å². The number of anilines is 1. The van der Waals surface area contributed by atoms with E-state index in [1.54, 1.807) is 0 Å². The first-order valence-electron chi connectivity index (χ1n) is 8.30. The van der Waals surface area contributed by atoms with E-state index in [4.69, 9.17) is 5.11 Å². The van der Waals surface area contributed by atoms with Crippen LogP contribution in [0, 0.1) is 11.7 Å². The number of piperazine rings is 1. The van der Waals surface area contributed by atoms with E-state index in [0.29, 0.717) is 19.1 Å². The molecule has 3 aliphatic rings. The molecule has 1 aliphatic carbocycles. The van der Waals surface area contributed by atoms with Gasteiger partial charge in [-0.1, -0.05) is 0 Å². The molecule has 0 radical (unpaired) electrons. The van der Waals surface area contributed by atoms with Crippen molar-refractivity contribution in [2.75, 3.05) is 31.1 Å². The van der Waals surface area contributed by atoms with Crippen LogP contribution < -0.4 is 4.90 Å². The van der Waals surface area contributed by atoms with Crippen molar-refractivity contribution in [3.05, 3.63) is 23.5 Å². The Balaban J connectivity index is 1.63. The number of hydrogen-bond donors (Lipinski definition) is 1. The van der Waals surface area contributed by atoms with Crippen molar-refractivity contribution in [3.63, 3.8) is 0 Å². The normalized spacial score (nSPS) is 24.1. The highest BCUT2D eigenvalue weighted by molar-refractivity contribution is 6.25. The molecule has 2 fully saturated rings. The molecule has 0 bridgehead atoms. The Labute approximate surface area is 142 Å². The molecule has 0 aromatic heterocycles. The fourth-order valence-electron chi connectivity index (χ4n) is 3.52. The van der Waals surface area contributed by atoms with E-state index < -0.39 is 35.1 Å². The minimum atomic E-state index is -1.99. The molecule has 1 unspecified atom stereocenters. The van der Waals surface area contributed by atoms with E-state index in [1.807, 2.05) is 4.90 Å². The molecular weight excluding hydrogens is 332 g/mol. The van der Waals surface area contributed by atoms with Crippen molar-refractivity contribution in [2.45, 2.75) is 18.9 Å². The lowest BCUT2D eigenvalue weighted by Gasteiger charge is -2.36. The number of benzene rings is 1. The summed E-state index contributed by atoms with van der Waals surface area (Å²) in [6.07, 6.45) is 2.43. The zero-order valence-corrected chi connectivity index (χ0v) is 13.4. The van der Waals surface area contributed by atoms with Crippen LogP contribution in [-0.4, -0.2) is 59.9 Å².